The quantitative estimate of drug-likeness (QED) is 0.500. The fraction of sp³-hybridized carbons (Fsp3) is 0.240. The Kier molecular flexibility index (Phi) is 6.16. The number of carbonyl (C=O) groups excluding carboxylic acids is 2. The Morgan fingerprint density at radius 3 is 2.39 bits per heavy atom. The molecule has 0 aliphatic carbocycles. The lowest BCUT2D eigenvalue weighted by Gasteiger charge is -2.31. The number of amides is 2. The highest BCUT2D eigenvalue weighted by atomic mass is 32.2. The van der Waals surface area contributed by atoms with Crippen molar-refractivity contribution in [3.63, 3.8) is 0 Å². The van der Waals surface area contributed by atoms with Gasteiger partial charge in [-0.15, -0.1) is 0 Å². The third-order valence-corrected chi connectivity index (χ3v) is 7.54. The normalized spacial score (nSPS) is 21.4. The summed E-state index contributed by atoms with van der Waals surface area (Å²) in [5, 5.41) is 9.53. The molecular formula is C25H22N2O5S. The summed E-state index contributed by atoms with van der Waals surface area (Å²) in [6.07, 6.45) is 1.79. The maximum absolute atomic E-state index is 13.2. The lowest BCUT2D eigenvalue weighted by molar-refractivity contribution is -0.142. The van der Waals surface area contributed by atoms with Gasteiger partial charge in [0, 0.05) is 5.57 Å². The van der Waals surface area contributed by atoms with Gasteiger partial charge in [-0.25, -0.2) is 8.42 Å². The number of hydrogen-bond acceptors (Lipinski definition) is 6. The van der Waals surface area contributed by atoms with Crippen LogP contribution in [0, 0.1) is 11.3 Å². The van der Waals surface area contributed by atoms with Crippen molar-refractivity contribution in [3.05, 3.63) is 82.4 Å². The van der Waals surface area contributed by atoms with E-state index in [0.29, 0.717) is 17.9 Å². The summed E-state index contributed by atoms with van der Waals surface area (Å²) in [7, 11) is -3.31. The van der Waals surface area contributed by atoms with Crippen LogP contribution >= 0.6 is 0 Å². The van der Waals surface area contributed by atoms with Crippen LogP contribution in [0.2, 0.25) is 0 Å². The predicted octanol–water partition coefficient (Wildman–Crippen LogP) is 3.04. The van der Waals surface area contributed by atoms with Gasteiger partial charge in [0.1, 0.15) is 24.0 Å². The topological polar surface area (TPSA) is 105 Å². The van der Waals surface area contributed by atoms with E-state index in [1.54, 1.807) is 37.3 Å². The molecule has 168 valence electrons. The number of carbonyl (C=O) groups is 2. The minimum Gasteiger partial charge on any atom is -0.489 e. The van der Waals surface area contributed by atoms with E-state index < -0.39 is 27.7 Å². The smallest absolute Gasteiger partial charge is 0.271 e. The van der Waals surface area contributed by atoms with Crippen molar-refractivity contribution >= 4 is 27.7 Å². The molecule has 0 unspecified atom stereocenters. The number of sulfone groups is 1. The minimum absolute atomic E-state index is 0.0806. The van der Waals surface area contributed by atoms with Gasteiger partial charge >= 0.3 is 0 Å². The van der Waals surface area contributed by atoms with Crippen molar-refractivity contribution in [1.29, 1.82) is 5.26 Å². The molecule has 0 radical (unpaired) electrons. The van der Waals surface area contributed by atoms with Crippen LogP contribution in [0.5, 0.6) is 5.75 Å². The third kappa shape index (κ3) is 4.73. The van der Waals surface area contributed by atoms with Gasteiger partial charge in [-0.2, -0.15) is 5.26 Å². The van der Waals surface area contributed by atoms with Gasteiger partial charge in [0.15, 0.2) is 9.84 Å². The molecule has 2 aliphatic heterocycles. The standard InChI is InChI=1S/C25H22N2O5S/c1-17-22(13-18-7-9-21(10-8-18)32-15-19-5-3-2-4-6-19)24(28)27(25(29)23(17)14-26)20-11-12-33(30,31)16-20/h2-10,13,20H,11-12,15-16H2,1H3/b22-13-/t20-/m1/s1. The Labute approximate surface area is 192 Å². The third-order valence-electron chi connectivity index (χ3n) is 5.79. The zero-order chi connectivity index (χ0) is 23.6. The van der Waals surface area contributed by atoms with E-state index >= 15 is 0 Å². The zero-order valence-electron chi connectivity index (χ0n) is 18.0. The maximum atomic E-state index is 13.2. The van der Waals surface area contributed by atoms with E-state index in [2.05, 4.69) is 0 Å². The molecule has 2 aliphatic rings. The number of imide groups is 1. The molecule has 2 heterocycles. The lowest BCUT2D eigenvalue weighted by atomic mass is 9.92. The van der Waals surface area contributed by atoms with E-state index in [9.17, 15) is 23.3 Å². The van der Waals surface area contributed by atoms with Crippen molar-refractivity contribution in [1.82, 2.24) is 4.90 Å². The summed E-state index contributed by atoms with van der Waals surface area (Å²) < 4.78 is 29.6. The molecule has 4 rings (SSSR count). The van der Waals surface area contributed by atoms with Gasteiger partial charge in [0.25, 0.3) is 11.8 Å². The highest BCUT2D eigenvalue weighted by Gasteiger charge is 2.43. The van der Waals surface area contributed by atoms with Crippen LogP contribution in [0.15, 0.2) is 71.3 Å². The van der Waals surface area contributed by atoms with Gasteiger partial charge in [-0.1, -0.05) is 42.5 Å². The van der Waals surface area contributed by atoms with Crippen molar-refractivity contribution in [2.75, 3.05) is 11.5 Å². The molecule has 0 spiro atoms. The van der Waals surface area contributed by atoms with Crippen LogP contribution in [0.1, 0.15) is 24.5 Å². The van der Waals surface area contributed by atoms with E-state index in [0.717, 1.165) is 10.5 Å². The van der Waals surface area contributed by atoms with Crippen molar-refractivity contribution in [2.24, 2.45) is 0 Å². The molecule has 7 nitrogen and oxygen atoms in total. The van der Waals surface area contributed by atoms with Gasteiger partial charge in [0.05, 0.1) is 17.5 Å². The van der Waals surface area contributed by atoms with Crippen LogP contribution in [0.4, 0.5) is 0 Å². The molecule has 0 saturated carbocycles. The number of nitriles is 1. The van der Waals surface area contributed by atoms with Crippen LogP contribution in [-0.2, 0) is 26.0 Å². The Bertz CT molecular complexity index is 1300. The summed E-state index contributed by atoms with van der Waals surface area (Å²) >= 11 is 0. The number of benzene rings is 2. The maximum Gasteiger partial charge on any atom is 0.271 e. The van der Waals surface area contributed by atoms with Crippen LogP contribution in [0.25, 0.3) is 6.08 Å². The zero-order valence-corrected chi connectivity index (χ0v) is 18.8. The summed E-state index contributed by atoms with van der Waals surface area (Å²) in [4.78, 5) is 26.9. The fourth-order valence-electron chi connectivity index (χ4n) is 3.98. The largest absolute Gasteiger partial charge is 0.489 e. The second-order valence-electron chi connectivity index (χ2n) is 8.05. The summed E-state index contributed by atoms with van der Waals surface area (Å²) in [6, 6.07) is 18.0. The Morgan fingerprint density at radius 1 is 1.09 bits per heavy atom. The Morgan fingerprint density at radius 2 is 1.79 bits per heavy atom. The summed E-state index contributed by atoms with van der Waals surface area (Å²) in [5.41, 5.74) is 2.07. The van der Waals surface area contributed by atoms with Crippen LogP contribution in [-0.4, -0.2) is 42.7 Å². The minimum atomic E-state index is -3.31. The molecule has 8 heteroatoms. The second kappa shape index (κ2) is 9.04. The summed E-state index contributed by atoms with van der Waals surface area (Å²) in [6.45, 7) is 1.98. The van der Waals surface area contributed by atoms with Crippen LogP contribution < -0.4 is 4.74 Å². The van der Waals surface area contributed by atoms with E-state index in [4.69, 9.17) is 4.74 Å². The first kappa shape index (κ1) is 22.5. The van der Waals surface area contributed by atoms with Gasteiger partial charge in [-0.3, -0.25) is 14.5 Å². The SMILES string of the molecule is CC1=C(C#N)C(=O)N([C@@H]2CCS(=O)(=O)C2)C(=O)/C1=C\c1ccc(OCc2ccccc2)cc1. The number of rotatable bonds is 5. The molecule has 1 fully saturated rings. The van der Waals surface area contributed by atoms with Gasteiger partial charge < -0.3 is 4.74 Å². The number of ether oxygens (including phenoxy) is 1. The average molecular weight is 463 g/mol. The Balaban J connectivity index is 1.59. The van der Waals surface area contributed by atoms with Crippen molar-refractivity contribution in [3.8, 4) is 11.8 Å². The molecule has 0 bridgehead atoms. The van der Waals surface area contributed by atoms with E-state index in [-0.39, 0.29) is 34.6 Å². The molecule has 1 atom stereocenters. The highest BCUT2D eigenvalue weighted by molar-refractivity contribution is 7.91. The van der Waals surface area contributed by atoms with E-state index in [1.807, 2.05) is 36.4 Å². The number of nitrogens with zero attached hydrogens (tertiary/aromatic N) is 2. The molecule has 2 aromatic rings. The van der Waals surface area contributed by atoms with Gasteiger partial charge in [0.2, 0.25) is 0 Å². The van der Waals surface area contributed by atoms with Gasteiger partial charge in [-0.05, 0) is 48.3 Å². The van der Waals surface area contributed by atoms with E-state index in [1.165, 1.54) is 0 Å². The average Bonchev–Trinajstić information content (AvgIpc) is 3.16. The first-order chi connectivity index (χ1) is 15.8. The first-order valence-corrected chi connectivity index (χ1v) is 12.3. The molecular weight excluding hydrogens is 440 g/mol. The second-order valence-corrected chi connectivity index (χ2v) is 10.3. The Hall–Kier alpha value is -3.70. The monoisotopic (exact) mass is 462 g/mol. The van der Waals surface area contributed by atoms with Crippen molar-refractivity contribution in [2.45, 2.75) is 26.0 Å². The molecule has 0 N–H and O–H groups in total. The number of hydrogen-bond donors (Lipinski definition) is 0. The van der Waals surface area contributed by atoms with Crippen LogP contribution in [0.3, 0.4) is 0 Å². The van der Waals surface area contributed by atoms with Crippen molar-refractivity contribution < 1.29 is 22.7 Å². The molecule has 33 heavy (non-hydrogen) atoms. The molecule has 1 saturated heterocycles. The highest BCUT2D eigenvalue weighted by Crippen LogP contribution is 2.31. The molecule has 2 aromatic carbocycles. The summed E-state index contributed by atoms with van der Waals surface area (Å²) in [5.74, 6) is -1.01. The predicted molar refractivity (Wildman–Crippen MR) is 122 cm³/mol. The fourth-order valence-corrected chi connectivity index (χ4v) is 5.68. The molecule has 0 aromatic heterocycles. The first-order valence-electron chi connectivity index (χ1n) is 10.5. The molecule has 2 amide bonds. The lowest BCUT2D eigenvalue weighted by Crippen LogP contribution is -2.49.